The fourth-order valence-electron chi connectivity index (χ4n) is 1.42. The van der Waals surface area contributed by atoms with Gasteiger partial charge in [0.15, 0.2) is 11.6 Å². The molecule has 2 aromatic rings. The third-order valence-corrected chi connectivity index (χ3v) is 2.63. The molecule has 2 N–H and O–H groups in total. The van der Waals surface area contributed by atoms with Crippen molar-refractivity contribution < 1.29 is 9.13 Å². The second kappa shape index (κ2) is 4.55. The fourth-order valence-corrected chi connectivity index (χ4v) is 1.62. The topological polar surface area (TPSA) is 61.0 Å². The minimum atomic E-state index is -0.532. The molecule has 0 fully saturated rings. The van der Waals surface area contributed by atoms with Gasteiger partial charge in [0, 0.05) is 5.56 Å². The first-order valence-corrected chi connectivity index (χ1v) is 5.11. The molecule has 0 aliphatic rings. The van der Waals surface area contributed by atoms with Crippen molar-refractivity contribution in [3.05, 3.63) is 35.4 Å². The van der Waals surface area contributed by atoms with Crippen molar-refractivity contribution in [3.63, 3.8) is 0 Å². The summed E-state index contributed by atoms with van der Waals surface area (Å²) in [4.78, 5) is 7.65. The summed E-state index contributed by atoms with van der Waals surface area (Å²) in [5.41, 5.74) is 6.01. The first-order chi connectivity index (χ1) is 8.15. The molecule has 1 aromatic carbocycles. The monoisotopic (exact) mass is 253 g/mol. The first-order valence-electron chi connectivity index (χ1n) is 4.74. The summed E-state index contributed by atoms with van der Waals surface area (Å²) in [5, 5.41) is 0.125. The van der Waals surface area contributed by atoms with Crippen molar-refractivity contribution in [2.75, 3.05) is 12.8 Å². The maximum absolute atomic E-state index is 14.0. The lowest BCUT2D eigenvalue weighted by Gasteiger charge is -2.08. The summed E-state index contributed by atoms with van der Waals surface area (Å²) in [6.45, 7) is 0. The summed E-state index contributed by atoms with van der Waals surface area (Å²) in [6.07, 6.45) is 1.23. The van der Waals surface area contributed by atoms with Gasteiger partial charge in [-0.3, -0.25) is 0 Å². The van der Waals surface area contributed by atoms with Crippen LogP contribution in [0.5, 0.6) is 5.75 Å². The fraction of sp³-hybridized carbons (Fsp3) is 0.0909. The zero-order valence-corrected chi connectivity index (χ0v) is 9.70. The number of hydrogen-bond donors (Lipinski definition) is 1. The predicted molar refractivity (Wildman–Crippen MR) is 63.4 cm³/mol. The van der Waals surface area contributed by atoms with Crippen LogP contribution in [0, 0.1) is 5.82 Å². The van der Waals surface area contributed by atoms with Crippen LogP contribution in [0.4, 0.5) is 10.2 Å². The number of hydrogen-bond acceptors (Lipinski definition) is 4. The molecule has 88 valence electrons. The van der Waals surface area contributed by atoms with E-state index in [0.29, 0.717) is 0 Å². The third-order valence-electron chi connectivity index (χ3n) is 2.25. The maximum atomic E-state index is 14.0. The van der Waals surface area contributed by atoms with Crippen LogP contribution in [0.15, 0.2) is 24.5 Å². The molecule has 4 nitrogen and oxygen atoms in total. The van der Waals surface area contributed by atoms with Crippen LogP contribution in [-0.2, 0) is 0 Å². The highest BCUT2D eigenvalue weighted by molar-refractivity contribution is 6.35. The van der Waals surface area contributed by atoms with Crippen LogP contribution in [0.25, 0.3) is 11.3 Å². The maximum Gasteiger partial charge on any atom is 0.174 e. The number of benzene rings is 1. The van der Waals surface area contributed by atoms with Gasteiger partial charge in [0.05, 0.1) is 12.8 Å². The van der Waals surface area contributed by atoms with Crippen LogP contribution in [-0.4, -0.2) is 17.1 Å². The molecule has 0 spiro atoms. The Balaban J connectivity index is 2.65. The van der Waals surface area contributed by atoms with Gasteiger partial charge in [-0.05, 0) is 12.1 Å². The van der Waals surface area contributed by atoms with E-state index in [1.807, 2.05) is 0 Å². The van der Waals surface area contributed by atoms with Crippen LogP contribution in [0.3, 0.4) is 0 Å². The number of halogens is 2. The highest BCUT2D eigenvalue weighted by Crippen LogP contribution is 2.33. The molecule has 2 rings (SSSR count). The number of ether oxygens (including phenoxy) is 1. The molecular formula is C11H9ClFN3O. The summed E-state index contributed by atoms with van der Waals surface area (Å²) in [5.74, 6) is -0.301. The Morgan fingerprint density at radius 3 is 2.82 bits per heavy atom. The number of anilines is 1. The van der Waals surface area contributed by atoms with E-state index in [0.717, 1.165) is 0 Å². The highest BCUT2D eigenvalue weighted by Gasteiger charge is 2.15. The van der Waals surface area contributed by atoms with E-state index in [4.69, 9.17) is 22.1 Å². The molecule has 0 saturated carbocycles. The molecular weight excluding hydrogens is 245 g/mol. The smallest absolute Gasteiger partial charge is 0.174 e. The average molecular weight is 254 g/mol. The van der Waals surface area contributed by atoms with E-state index in [9.17, 15) is 4.39 Å². The van der Waals surface area contributed by atoms with E-state index in [1.165, 1.54) is 19.5 Å². The number of nitrogens with zero attached hydrogens (tertiary/aromatic N) is 2. The standard InChI is InChI=1S/C11H9ClFN3O/c1-17-7-4-2-3-6(9(7)13)10-8(12)11(14)16-5-15-10/h2-5H,1H3,(H2,14,15,16). The van der Waals surface area contributed by atoms with Crippen LogP contribution < -0.4 is 10.5 Å². The summed E-state index contributed by atoms with van der Waals surface area (Å²) >= 11 is 5.94. The van der Waals surface area contributed by atoms with E-state index in [2.05, 4.69) is 9.97 Å². The lowest BCUT2D eigenvalue weighted by Crippen LogP contribution is -1.98. The molecule has 1 aromatic heterocycles. The molecule has 0 amide bonds. The Morgan fingerprint density at radius 1 is 1.35 bits per heavy atom. The lowest BCUT2D eigenvalue weighted by atomic mass is 10.1. The number of rotatable bonds is 2. The summed E-state index contributed by atoms with van der Waals surface area (Å²) < 4.78 is 18.9. The first kappa shape index (κ1) is 11.6. The minimum Gasteiger partial charge on any atom is -0.494 e. The minimum absolute atomic E-state index is 0.110. The van der Waals surface area contributed by atoms with Gasteiger partial charge < -0.3 is 10.5 Å². The van der Waals surface area contributed by atoms with Crippen molar-refractivity contribution in [2.45, 2.75) is 0 Å². The number of nitrogen functional groups attached to an aromatic ring is 1. The zero-order chi connectivity index (χ0) is 12.4. The Kier molecular flexibility index (Phi) is 3.10. The van der Waals surface area contributed by atoms with Gasteiger partial charge in [0.2, 0.25) is 0 Å². The average Bonchev–Trinajstić information content (AvgIpc) is 2.33. The van der Waals surface area contributed by atoms with Crippen LogP contribution in [0.2, 0.25) is 5.02 Å². The second-order valence-electron chi connectivity index (χ2n) is 3.24. The molecule has 0 aliphatic heterocycles. The molecule has 6 heteroatoms. The zero-order valence-electron chi connectivity index (χ0n) is 8.95. The van der Waals surface area contributed by atoms with Gasteiger partial charge in [0.1, 0.15) is 17.2 Å². The molecule has 0 unspecified atom stereocenters. The Hall–Kier alpha value is -1.88. The molecule has 0 radical (unpaired) electrons. The lowest BCUT2D eigenvalue weighted by molar-refractivity contribution is 0.387. The van der Waals surface area contributed by atoms with Gasteiger partial charge >= 0.3 is 0 Å². The molecule has 0 bridgehead atoms. The van der Waals surface area contributed by atoms with Gasteiger partial charge in [-0.1, -0.05) is 17.7 Å². The van der Waals surface area contributed by atoms with Gasteiger partial charge in [0.25, 0.3) is 0 Å². The van der Waals surface area contributed by atoms with Crippen molar-refractivity contribution in [1.29, 1.82) is 0 Å². The third kappa shape index (κ3) is 2.01. The largest absolute Gasteiger partial charge is 0.494 e. The molecule has 1 heterocycles. The van der Waals surface area contributed by atoms with Crippen molar-refractivity contribution in [2.24, 2.45) is 0 Å². The van der Waals surface area contributed by atoms with Gasteiger partial charge in [-0.15, -0.1) is 0 Å². The van der Waals surface area contributed by atoms with E-state index in [-0.39, 0.29) is 27.8 Å². The Labute approximate surface area is 102 Å². The van der Waals surface area contributed by atoms with E-state index in [1.54, 1.807) is 12.1 Å². The molecule has 0 atom stereocenters. The number of aromatic nitrogens is 2. The van der Waals surface area contributed by atoms with Gasteiger partial charge in [-0.2, -0.15) is 0 Å². The normalized spacial score (nSPS) is 10.3. The van der Waals surface area contributed by atoms with Crippen molar-refractivity contribution in [1.82, 2.24) is 9.97 Å². The number of nitrogens with two attached hydrogens (primary N) is 1. The molecule has 17 heavy (non-hydrogen) atoms. The van der Waals surface area contributed by atoms with E-state index >= 15 is 0 Å². The Morgan fingerprint density at radius 2 is 2.12 bits per heavy atom. The van der Waals surface area contributed by atoms with Crippen molar-refractivity contribution in [3.8, 4) is 17.0 Å². The van der Waals surface area contributed by atoms with Crippen molar-refractivity contribution >= 4 is 17.4 Å². The summed E-state index contributed by atoms with van der Waals surface area (Å²) in [7, 11) is 1.39. The number of methoxy groups -OCH3 is 1. The highest BCUT2D eigenvalue weighted by atomic mass is 35.5. The van der Waals surface area contributed by atoms with Gasteiger partial charge in [-0.25, -0.2) is 14.4 Å². The molecule has 0 aliphatic carbocycles. The van der Waals surface area contributed by atoms with Crippen LogP contribution in [0.1, 0.15) is 0 Å². The SMILES string of the molecule is COc1cccc(-c2ncnc(N)c2Cl)c1F. The second-order valence-corrected chi connectivity index (χ2v) is 3.62. The van der Waals surface area contributed by atoms with E-state index < -0.39 is 5.82 Å². The Bertz CT molecular complexity index is 562. The summed E-state index contributed by atoms with van der Waals surface area (Å²) in [6, 6.07) is 4.70. The quantitative estimate of drug-likeness (QED) is 0.893. The van der Waals surface area contributed by atoms with Crippen LogP contribution >= 0.6 is 11.6 Å². The predicted octanol–water partition coefficient (Wildman–Crippen LogP) is 2.53. The molecule has 0 saturated heterocycles.